The number of likely N-dealkylation sites (tertiary alicyclic amines) is 1. The summed E-state index contributed by atoms with van der Waals surface area (Å²) >= 11 is 0. The highest BCUT2D eigenvalue weighted by Gasteiger charge is 2.41. The fraction of sp³-hybridized carbons (Fsp3) is 0.333. The number of hydrogen-bond donors (Lipinski definition) is 2. The van der Waals surface area contributed by atoms with Crippen LogP contribution in [0.2, 0.25) is 0 Å². The fourth-order valence-corrected chi connectivity index (χ4v) is 5.18. The van der Waals surface area contributed by atoms with E-state index in [2.05, 4.69) is 44.8 Å². The van der Waals surface area contributed by atoms with Crippen LogP contribution >= 0.6 is 0 Å². The zero-order chi connectivity index (χ0) is 23.5. The van der Waals surface area contributed by atoms with Gasteiger partial charge in [-0.3, -0.25) is 14.7 Å². The molecule has 1 fully saturated rings. The summed E-state index contributed by atoms with van der Waals surface area (Å²) in [5.41, 5.74) is 3.91. The van der Waals surface area contributed by atoms with Crippen LogP contribution in [-0.4, -0.2) is 40.5 Å². The second-order valence-electron chi connectivity index (χ2n) is 9.17. The predicted octanol–water partition coefficient (Wildman–Crippen LogP) is 3.38. The van der Waals surface area contributed by atoms with Crippen molar-refractivity contribution in [3.05, 3.63) is 101 Å². The van der Waals surface area contributed by atoms with E-state index in [1.165, 1.54) is 17.2 Å². The molecular formula is C27H28F2N4O. The first-order valence-electron chi connectivity index (χ1n) is 11.7. The third kappa shape index (κ3) is 5.00. The molecule has 34 heavy (non-hydrogen) atoms. The van der Waals surface area contributed by atoms with Crippen molar-refractivity contribution in [3.8, 4) is 0 Å². The highest BCUT2D eigenvalue weighted by atomic mass is 19.1. The van der Waals surface area contributed by atoms with Gasteiger partial charge in [-0.15, -0.1) is 0 Å². The molecule has 0 saturated carbocycles. The number of nitrogens with one attached hydrogen (secondary N) is 2. The smallest absolute Gasteiger partial charge is 0.237 e. The summed E-state index contributed by atoms with van der Waals surface area (Å²) in [5, 5.41) is 6.43. The van der Waals surface area contributed by atoms with Gasteiger partial charge in [0.1, 0.15) is 11.6 Å². The zero-order valence-electron chi connectivity index (χ0n) is 18.9. The molecule has 1 aliphatic heterocycles. The van der Waals surface area contributed by atoms with Crippen molar-refractivity contribution >= 4 is 5.91 Å². The van der Waals surface area contributed by atoms with E-state index in [-0.39, 0.29) is 30.6 Å². The number of halogens is 2. The fourth-order valence-electron chi connectivity index (χ4n) is 5.18. The van der Waals surface area contributed by atoms with E-state index in [4.69, 9.17) is 0 Å². The normalized spacial score (nSPS) is 20.4. The largest absolute Gasteiger partial charge is 0.351 e. The summed E-state index contributed by atoms with van der Waals surface area (Å²) in [5.74, 6) is -0.899. The van der Waals surface area contributed by atoms with Gasteiger partial charge in [-0.05, 0) is 60.2 Å². The Morgan fingerprint density at radius 3 is 2.56 bits per heavy atom. The molecule has 2 aliphatic rings. The van der Waals surface area contributed by atoms with Crippen LogP contribution in [0.4, 0.5) is 8.78 Å². The SMILES string of the molecule is O=C(NCc1cccnc1)[C@@H]1C[C@H](NCc2cc(F)ccc2F)CN1C1Cc2ccccc2C1. The highest BCUT2D eigenvalue weighted by molar-refractivity contribution is 5.82. The maximum absolute atomic E-state index is 14.1. The lowest BCUT2D eigenvalue weighted by atomic mass is 10.1. The molecule has 0 bridgehead atoms. The van der Waals surface area contributed by atoms with Crippen molar-refractivity contribution in [2.24, 2.45) is 0 Å². The molecule has 2 heterocycles. The number of fused-ring (bicyclic) bond motifs is 1. The number of benzene rings is 2. The minimum Gasteiger partial charge on any atom is -0.351 e. The Hall–Kier alpha value is -3.16. The number of rotatable bonds is 7. The van der Waals surface area contributed by atoms with Gasteiger partial charge in [0, 0.05) is 49.7 Å². The van der Waals surface area contributed by atoms with E-state index in [0.29, 0.717) is 25.1 Å². The molecule has 5 nitrogen and oxygen atoms in total. The van der Waals surface area contributed by atoms with Crippen LogP contribution in [0.1, 0.15) is 28.7 Å². The number of pyridine rings is 1. The zero-order valence-corrected chi connectivity index (χ0v) is 18.9. The first-order valence-corrected chi connectivity index (χ1v) is 11.7. The molecule has 2 aromatic carbocycles. The molecule has 1 aromatic heterocycles. The van der Waals surface area contributed by atoms with Gasteiger partial charge in [0.2, 0.25) is 5.91 Å². The first-order chi connectivity index (χ1) is 16.6. The Kier molecular flexibility index (Phi) is 6.65. The van der Waals surface area contributed by atoms with E-state index in [0.717, 1.165) is 30.5 Å². The maximum atomic E-state index is 14.1. The average molecular weight is 463 g/mol. The van der Waals surface area contributed by atoms with Gasteiger partial charge in [-0.25, -0.2) is 8.78 Å². The second-order valence-corrected chi connectivity index (χ2v) is 9.17. The van der Waals surface area contributed by atoms with Gasteiger partial charge >= 0.3 is 0 Å². The monoisotopic (exact) mass is 462 g/mol. The Bertz CT molecular complexity index is 1130. The molecule has 1 saturated heterocycles. The molecule has 3 aromatic rings. The molecule has 1 aliphatic carbocycles. The van der Waals surface area contributed by atoms with E-state index in [1.54, 1.807) is 12.4 Å². The van der Waals surface area contributed by atoms with Gasteiger partial charge in [0.25, 0.3) is 0 Å². The van der Waals surface area contributed by atoms with Crippen LogP contribution in [0.5, 0.6) is 0 Å². The van der Waals surface area contributed by atoms with Crippen molar-refractivity contribution < 1.29 is 13.6 Å². The number of aromatic nitrogens is 1. The molecular weight excluding hydrogens is 434 g/mol. The summed E-state index contributed by atoms with van der Waals surface area (Å²) < 4.78 is 27.7. The lowest BCUT2D eigenvalue weighted by Crippen LogP contribution is -2.48. The molecule has 0 spiro atoms. The summed E-state index contributed by atoms with van der Waals surface area (Å²) in [6.45, 7) is 1.33. The Morgan fingerprint density at radius 2 is 1.82 bits per heavy atom. The Morgan fingerprint density at radius 1 is 1.03 bits per heavy atom. The number of carbonyl (C=O) groups excluding carboxylic acids is 1. The molecule has 2 N–H and O–H groups in total. The van der Waals surface area contributed by atoms with Crippen molar-refractivity contribution in [2.45, 2.75) is 50.5 Å². The van der Waals surface area contributed by atoms with Gasteiger partial charge in [-0.1, -0.05) is 30.3 Å². The predicted molar refractivity (Wildman–Crippen MR) is 126 cm³/mol. The van der Waals surface area contributed by atoms with Crippen LogP contribution in [0.15, 0.2) is 67.0 Å². The quantitative estimate of drug-likeness (QED) is 0.565. The molecule has 7 heteroatoms. The van der Waals surface area contributed by atoms with Gasteiger partial charge in [0.05, 0.1) is 6.04 Å². The van der Waals surface area contributed by atoms with E-state index < -0.39 is 11.6 Å². The maximum Gasteiger partial charge on any atom is 0.237 e. The van der Waals surface area contributed by atoms with E-state index >= 15 is 0 Å². The summed E-state index contributed by atoms with van der Waals surface area (Å²) in [4.78, 5) is 19.7. The minimum atomic E-state index is -0.456. The van der Waals surface area contributed by atoms with Gasteiger partial charge in [-0.2, -0.15) is 0 Å². The van der Waals surface area contributed by atoms with Crippen molar-refractivity contribution in [1.29, 1.82) is 0 Å². The van der Waals surface area contributed by atoms with Crippen molar-refractivity contribution in [2.75, 3.05) is 6.54 Å². The van der Waals surface area contributed by atoms with Crippen molar-refractivity contribution in [1.82, 2.24) is 20.5 Å². The lowest BCUT2D eigenvalue weighted by molar-refractivity contribution is -0.126. The number of hydrogen-bond acceptors (Lipinski definition) is 4. The Balaban J connectivity index is 1.28. The van der Waals surface area contributed by atoms with Crippen LogP contribution in [0, 0.1) is 11.6 Å². The number of carbonyl (C=O) groups is 1. The van der Waals surface area contributed by atoms with E-state index in [9.17, 15) is 13.6 Å². The lowest BCUT2D eigenvalue weighted by Gasteiger charge is -2.29. The molecule has 0 radical (unpaired) electrons. The summed E-state index contributed by atoms with van der Waals surface area (Å²) in [6.07, 6.45) is 5.89. The first kappa shape index (κ1) is 22.6. The topological polar surface area (TPSA) is 57.3 Å². The average Bonchev–Trinajstić information content (AvgIpc) is 3.48. The standard InChI is InChI=1S/C27H28F2N4O/c28-22-7-8-25(29)21(10-22)16-31-23-13-26(27(34)32-15-18-4-3-9-30-14-18)33(17-23)24-11-19-5-1-2-6-20(19)12-24/h1-10,14,23-24,26,31H,11-13,15-17H2,(H,32,34)/t23-,26-/m0/s1. The Labute approximate surface area is 198 Å². The summed E-state index contributed by atoms with van der Waals surface area (Å²) in [6, 6.07) is 15.7. The molecule has 1 amide bonds. The number of amides is 1. The van der Waals surface area contributed by atoms with Gasteiger partial charge in [0.15, 0.2) is 0 Å². The third-order valence-corrected chi connectivity index (χ3v) is 6.92. The van der Waals surface area contributed by atoms with Crippen molar-refractivity contribution in [3.63, 3.8) is 0 Å². The van der Waals surface area contributed by atoms with Crippen LogP contribution in [-0.2, 0) is 30.7 Å². The van der Waals surface area contributed by atoms with Gasteiger partial charge < -0.3 is 10.6 Å². The highest BCUT2D eigenvalue weighted by Crippen LogP contribution is 2.31. The van der Waals surface area contributed by atoms with Crippen LogP contribution < -0.4 is 10.6 Å². The molecule has 176 valence electrons. The van der Waals surface area contributed by atoms with Crippen LogP contribution in [0.3, 0.4) is 0 Å². The molecule has 5 rings (SSSR count). The number of nitrogens with zero attached hydrogens (tertiary/aromatic N) is 2. The molecule has 2 atom stereocenters. The van der Waals surface area contributed by atoms with E-state index in [1.807, 2.05) is 12.1 Å². The molecule has 0 unspecified atom stereocenters. The second kappa shape index (κ2) is 9.99. The third-order valence-electron chi connectivity index (χ3n) is 6.92. The summed E-state index contributed by atoms with van der Waals surface area (Å²) in [7, 11) is 0. The van der Waals surface area contributed by atoms with Crippen LogP contribution in [0.25, 0.3) is 0 Å². The minimum absolute atomic E-state index is 0.000483.